The highest BCUT2D eigenvalue weighted by atomic mass is 16.5. The Labute approximate surface area is 133 Å². The van der Waals surface area contributed by atoms with E-state index in [4.69, 9.17) is 4.74 Å². The van der Waals surface area contributed by atoms with Gasteiger partial charge in [-0.2, -0.15) is 5.10 Å². The average molecular weight is 314 g/mol. The SMILES string of the molecule is O=COc1cccc2c(C(=O)N[C@@H]3CN4CCC3CC4)n[nH]c12. The van der Waals surface area contributed by atoms with Crippen molar-refractivity contribution in [1.82, 2.24) is 20.4 Å². The lowest BCUT2D eigenvalue weighted by Crippen LogP contribution is -2.57. The molecule has 1 atom stereocenters. The van der Waals surface area contributed by atoms with Gasteiger partial charge in [-0.3, -0.25) is 14.7 Å². The third-order valence-corrected chi connectivity index (χ3v) is 4.92. The van der Waals surface area contributed by atoms with Gasteiger partial charge in [0.2, 0.25) is 0 Å². The number of hydrogen-bond acceptors (Lipinski definition) is 5. The lowest BCUT2D eigenvalue weighted by Gasteiger charge is -2.44. The van der Waals surface area contributed by atoms with E-state index in [1.165, 1.54) is 0 Å². The number of aromatic amines is 1. The van der Waals surface area contributed by atoms with Gasteiger partial charge in [-0.25, -0.2) is 0 Å². The Morgan fingerprint density at radius 3 is 2.91 bits per heavy atom. The first-order valence-electron chi connectivity index (χ1n) is 7.87. The zero-order valence-electron chi connectivity index (χ0n) is 12.6. The van der Waals surface area contributed by atoms with Crippen LogP contribution in [0.1, 0.15) is 23.3 Å². The normalized spacial score (nSPS) is 26.2. The van der Waals surface area contributed by atoms with E-state index >= 15 is 0 Å². The predicted molar refractivity (Wildman–Crippen MR) is 83.2 cm³/mol. The molecule has 23 heavy (non-hydrogen) atoms. The summed E-state index contributed by atoms with van der Waals surface area (Å²) in [6.45, 7) is 3.55. The van der Waals surface area contributed by atoms with Crippen molar-refractivity contribution in [3.63, 3.8) is 0 Å². The molecule has 120 valence electrons. The van der Waals surface area contributed by atoms with Gasteiger partial charge in [0, 0.05) is 18.0 Å². The van der Waals surface area contributed by atoms with Crippen LogP contribution in [0, 0.1) is 5.92 Å². The van der Waals surface area contributed by atoms with Crippen molar-refractivity contribution in [3.8, 4) is 5.75 Å². The van der Waals surface area contributed by atoms with Crippen LogP contribution < -0.4 is 10.1 Å². The third kappa shape index (κ3) is 2.46. The number of ether oxygens (including phenoxy) is 1. The minimum absolute atomic E-state index is 0.182. The second-order valence-corrected chi connectivity index (χ2v) is 6.18. The zero-order chi connectivity index (χ0) is 15.8. The van der Waals surface area contributed by atoms with E-state index in [0.29, 0.717) is 34.7 Å². The smallest absolute Gasteiger partial charge is 0.298 e. The van der Waals surface area contributed by atoms with Crippen LogP contribution in [0.15, 0.2) is 18.2 Å². The Bertz CT molecular complexity index is 749. The number of H-pyrrole nitrogens is 1. The number of piperidine rings is 3. The van der Waals surface area contributed by atoms with Crippen molar-refractivity contribution in [1.29, 1.82) is 0 Å². The van der Waals surface area contributed by atoms with E-state index in [1.54, 1.807) is 18.2 Å². The minimum atomic E-state index is -0.182. The Hall–Kier alpha value is -2.41. The van der Waals surface area contributed by atoms with Crippen LogP contribution in [0.4, 0.5) is 0 Å². The molecule has 0 aliphatic carbocycles. The summed E-state index contributed by atoms with van der Waals surface area (Å²) in [5, 5.41) is 10.7. The molecule has 1 aromatic heterocycles. The van der Waals surface area contributed by atoms with Gasteiger partial charge in [-0.05, 0) is 37.9 Å². The number of carbonyl (C=O) groups is 2. The van der Waals surface area contributed by atoms with Crippen LogP contribution in [0.25, 0.3) is 10.9 Å². The van der Waals surface area contributed by atoms with Crippen LogP contribution >= 0.6 is 0 Å². The highest BCUT2D eigenvalue weighted by Gasteiger charge is 2.35. The summed E-state index contributed by atoms with van der Waals surface area (Å²) in [7, 11) is 0. The molecule has 4 heterocycles. The maximum Gasteiger partial charge on any atom is 0.298 e. The maximum absolute atomic E-state index is 12.6. The first-order chi connectivity index (χ1) is 11.3. The largest absolute Gasteiger partial charge is 0.426 e. The molecule has 3 saturated heterocycles. The fourth-order valence-electron chi connectivity index (χ4n) is 3.70. The average Bonchev–Trinajstić information content (AvgIpc) is 3.01. The summed E-state index contributed by atoms with van der Waals surface area (Å²) in [5.74, 6) is 0.744. The van der Waals surface area contributed by atoms with Gasteiger partial charge in [-0.1, -0.05) is 12.1 Å². The van der Waals surface area contributed by atoms with Crippen molar-refractivity contribution >= 4 is 23.3 Å². The van der Waals surface area contributed by atoms with E-state index in [2.05, 4.69) is 20.4 Å². The van der Waals surface area contributed by atoms with Crippen LogP contribution in [-0.2, 0) is 4.79 Å². The van der Waals surface area contributed by atoms with Crippen LogP contribution in [0.3, 0.4) is 0 Å². The Morgan fingerprint density at radius 1 is 1.39 bits per heavy atom. The van der Waals surface area contributed by atoms with Crippen molar-refractivity contribution in [3.05, 3.63) is 23.9 Å². The molecule has 1 amide bonds. The monoisotopic (exact) mass is 314 g/mol. The van der Waals surface area contributed by atoms with E-state index in [9.17, 15) is 9.59 Å². The molecule has 1 aromatic carbocycles. The van der Waals surface area contributed by atoms with Gasteiger partial charge < -0.3 is 15.0 Å². The summed E-state index contributed by atoms with van der Waals surface area (Å²) in [4.78, 5) is 25.6. The molecule has 2 aromatic rings. The molecule has 3 aliphatic rings. The number of benzene rings is 1. The number of aromatic nitrogens is 2. The van der Waals surface area contributed by atoms with E-state index in [1.807, 2.05) is 0 Å². The standard InChI is InChI=1S/C16H18N4O3/c21-9-23-13-3-1-2-11-14(13)18-19-15(11)16(22)17-12-8-20-6-4-10(12)5-7-20/h1-3,9-10,12H,4-8H2,(H,17,22)(H,18,19)/t12-/m1/s1. The number of nitrogens with zero attached hydrogens (tertiary/aromatic N) is 2. The summed E-state index contributed by atoms with van der Waals surface area (Å²) in [6, 6.07) is 5.37. The van der Waals surface area contributed by atoms with Gasteiger partial charge in [-0.15, -0.1) is 0 Å². The highest BCUT2D eigenvalue weighted by Crippen LogP contribution is 2.29. The van der Waals surface area contributed by atoms with Crippen LogP contribution in [-0.4, -0.2) is 53.2 Å². The van der Waals surface area contributed by atoms with Gasteiger partial charge in [0.05, 0.1) is 0 Å². The second-order valence-electron chi connectivity index (χ2n) is 6.18. The molecule has 3 aliphatic heterocycles. The van der Waals surface area contributed by atoms with Crippen molar-refractivity contribution < 1.29 is 14.3 Å². The summed E-state index contributed by atoms with van der Waals surface area (Å²) >= 11 is 0. The van der Waals surface area contributed by atoms with Gasteiger partial charge >= 0.3 is 0 Å². The molecule has 0 spiro atoms. The summed E-state index contributed by atoms with van der Waals surface area (Å²) < 4.78 is 4.91. The Morgan fingerprint density at radius 2 is 2.22 bits per heavy atom. The van der Waals surface area contributed by atoms with Crippen LogP contribution in [0.2, 0.25) is 0 Å². The lowest BCUT2D eigenvalue weighted by atomic mass is 9.84. The Kier molecular flexibility index (Phi) is 3.49. The fourth-order valence-corrected chi connectivity index (χ4v) is 3.70. The maximum atomic E-state index is 12.6. The second kappa shape index (κ2) is 5.66. The number of amides is 1. The predicted octanol–water partition coefficient (Wildman–Crippen LogP) is 0.922. The molecule has 2 bridgehead atoms. The van der Waals surface area contributed by atoms with Crippen LogP contribution in [0.5, 0.6) is 5.75 Å². The lowest BCUT2D eigenvalue weighted by molar-refractivity contribution is -0.120. The van der Waals surface area contributed by atoms with Gasteiger partial charge in [0.1, 0.15) is 5.52 Å². The molecular weight excluding hydrogens is 296 g/mol. The van der Waals surface area contributed by atoms with E-state index in [-0.39, 0.29) is 11.9 Å². The summed E-state index contributed by atoms with van der Waals surface area (Å²) in [6.07, 6.45) is 2.28. The number of para-hydroxylation sites is 1. The van der Waals surface area contributed by atoms with E-state index < -0.39 is 0 Å². The van der Waals surface area contributed by atoms with E-state index in [0.717, 1.165) is 32.5 Å². The number of nitrogens with one attached hydrogen (secondary N) is 2. The van der Waals surface area contributed by atoms with Gasteiger partial charge in [0.25, 0.3) is 12.4 Å². The molecule has 0 unspecified atom stereocenters. The molecule has 0 saturated carbocycles. The van der Waals surface area contributed by atoms with Crippen molar-refractivity contribution in [2.45, 2.75) is 18.9 Å². The third-order valence-electron chi connectivity index (χ3n) is 4.92. The highest BCUT2D eigenvalue weighted by molar-refractivity contribution is 6.06. The molecule has 2 N–H and O–H groups in total. The zero-order valence-corrected chi connectivity index (χ0v) is 12.6. The summed E-state index contributed by atoms with van der Waals surface area (Å²) in [5.41, 5.74) is 0.895. The first kappa shape index (κ1) is 14.2. The van der Waals surface area contributed by atoms with Crippen molar-refractivity contribution in [2.24, 2.45) is 5.92 Å². The fraction of sp³-hybridized carbons (Fsp3) is 0.438. The first-order valence-corrected chi connectivity index (χ1v) is 7.87. The number of hydrogen-bond donors (Lipinski definition) is 2. The molecule has 5 rings (SSSR count). The topological polar surface area (TPSA) is 87.3 Å². The molecule has 7 heteroatoms. The molecular formula is C16H18N4O3. The molecule has 3 fully saturated rings. The number of rotatable bonds is 4. The van der Waals surface area contributed by atoms with Gasteiger partial charge in [0.15, 0.2) is 11.4 Å². The quantitative estimate of drug-likeness (QED) is 0.820. The minimum Gasteiger partial charge on any atom is -0.426 e. The van der Waals surface area contributed by atoms with Crippen molar-refractivity contribution in [2.75, 3.05) is 19.6 Å². The number of carbonyl (C=O) groups excluding carboxylic acids is 2. The Balaban J connectivity index is 1.58. The molecule has 0 radical (unpaired) electrons. The number of fused-ring (bicyclic) bond motifs is 4. The molecule has 7 nitrogen and oxygen atoms in total.